The third kappa shape index (κ3) is 5.99. The SMILES string of the molecule is C/C(=N\OC(=O)Oc1ccc([N+](=O)[O-])cc1)[C@H]1CC[C@H]2[C@@H]3CCC4C[C@](C)(O[Si](C)(C)C(C)(C)C)CC[C@]4(C)[C@H]3CC[C@]12C. The van der Waals surface area contributed by atoms with Crippen LogP contribution in [0.4, 0.5) is 10.5 Å². The molecule has 0 spiro atoms. The molecule has 0 N–H and O–H groups in total. The number of nitrogens with zero attached hydrogens (tertiary/aromatic N) is 2. The number of oxime groups is 1. The lowest BCUT2D eigenvalue weighted by atomic mass is 9.44. The first kappa shape index (κ1) is 33.1. The molecule has 4 fully saturated rings. The first-order valence-electron chi connectivity index (χ1n) is 16.8. The van der Waals surface area contributed by atoms with Crippen molar-refractivity contribution in [1.82, 2.24) is 0 Å². The molecule has 0 bridgehead atoms. The number of hydrogen-bond donors (Lipinski definition) is 0. The second kappa shape index (κ2) is 11.5. The lowest BCUT2D eigenvalue weighted by Crippen LogP contribution is -2.58. The van der Waals surface area contributed by atoms with E-state index in [1.807, 2.05) is 6.92 Å². The molecule has 0 aliphatic heterocycles. The predicted octanol–water partition coefficient (Wildman–Crippen LogP) is 9.93. The molecule has 8 nitrogen and oxygen atoms in total. The number of hydrogen-bond acceptors (Lipinski definition) is 7. The summed E-state index contributed by atoms with van der Waals surface area (Å²) in [6.07, 6.45) is 10.0. The van der Waals surface area contributed by atoms with Crippen molar-refractivity contribution in [3.8, 4) is 5.75 Å². The predicted molar refractivity (Wildman–Crippen MR) is 175 cm³/mol. The molecule has 0 radical (unpaired) electrons. The van der Waals surface area contributed by atoms with Crippen molar-refractivity contribution in [3.05, 3.63) is 34.4 Å². The molecule has 1 unspecified atom stereocenters. The van der Waals surface area contributed by atoms with E-state index in [0.717, 1.165) is 29.9 Å². The second-order valence-electron chi connectivity index (χ2n) is 16.8. The van der Waals surface area contributed by atoms with Gasteiger partial charge in [0.1, 0.15) is 5.75 Å². The Balaban J connectivity index is 1.22. The molecule has 5 rings (SSSR count). The molecule has 4 aliphatic carbocycles. The number of nitro groups is 1. The van der Waals surface area contributed by atoms with Crippen LogP contribution in [0.15, 0.2) is 29.4 Å². The Morgan fingerprint density at radius 1 is 0.955 bits per heavy atom. The van der Waals surface area contributed by atoms with E-state index < -0.39 is 19.4 Å². The zero-order valence-corrected chi connectivity index (χ0v) is 29.4. The van der Waals surface area contributed by atoms with Crippen LogP contribution in [0.5, 0.6) is 5.75 Å². The third-order valence-electron chi connectivity index (χ3n) is 13.3. The molecule has 1 aromatic rings. The van der Waals surface area contributed by atoms with Gasteiger partial charge in [-0.1, -0.05) is 39.8 Å². The maximum absolute atomic E-state index is 12.3. The molecule has 1 aromatic carbocycles. The monoisotopic (exact) mass is 626 g/mol. The summed E-state index contributed by atoms with van der Waals surface area (Å²) in [5.74, 6) is 3.36. The number of non-ortho nitro benzene ring substituents is 1. The van der Waals surface area contributed by atoms with Crippen molar-refractivity contribution >= 4 is 25.9 Å². The van der Waals surface area contributed by atoms with Gasteiger partial charge in [0, 0.05) is 18.1 Å². The van der Waals surface area contributed by atoms with Gasteiger partial charge in [-0.2, -0.15) is 0 Å². The number of carbonyl (C=O) groups excluding carboxylic acids is 1. The first-order chi connectivity index (χ1) is 20.4. The summed E-state index contributed by atoms with van der Waals surface area (Å²) in [6.45, 7) is 21.3. The summed E-state index contributed by atoms with van der Waals surface area (Å²) in [4.78, 5) is 27.9. The van der Waals surface area contributed by atoms with E-state index in [1.165, 1.54) is 75.6 Å². The minimum atomic E-state index is -1.84. The highest BCUT2D eigenvalue weighted by molar-refractivity contribution is 6.74. The van der Waals surface area contributed by atoms with Gasteiger partial charge < -0.3 is 9.16 Å². The molecule has 8 atom stereocenters. The van der Waals surface area contributed by atoms with Crippen molar-refractivity contribution in [2.24, 2.45) is 45.6 Å². The maximum Gasteiger partial charge on any atom is 0.540 e. The Hall–Kier alpha value is -2.26. The number of nitro benzene ring substituents is 1. The molecule has 9 heteroatoms. The van der Waals surface area contributed by atoms with E-state index in [9.17, 15) is 14.9 Å². The van der Waals surface area contributed by atoms with Crippen LogP contribution in [-0.4, -0.2) is 30.7 Å². The van der Waals surface area contributed by atoms with Gasteiger partial charge in [0.2, 0.25) is 0 Å². The highest BCUT2D eigenvalue weighted by Gasteiger charge is 2.62. The molecule has 4 aliphatic rings. The van der Waals surface area contributed by atoms with E-state index >= 15 is 0 Å². The minimum absolute atomic E-state index is 0.00511. The molecule has 44 heavy (non-hydrogen) atoms. The Kier molecular flexibility index (Phi) is 8.67. The van der Waals surface area contributed by atoms with Crippen LogP contribution >= 0.6 is 0 Å². The lowest BCUT2D eigenvalue weighted by molar-refractivity contribution is -0.384. The van der Waals surface area contributed by atoms with E-state index in [-0.39, 0.29) is 33.4 Å². The van der Waals surface area contributed by atoms with E-state index in [0.29, 0.717) is 11.3 Å². The van der Waals surface area contributed by atoms with Crippen LogP contribution < -0.4 is 4.74 Å². The molecule has 244 valence electrons. The van der Waals surface area contributed by atoms with Crippen molar-refractivity contribution in [2.75, 3.05) is 0 Å². The summed E-state index contributed by atoms with van der Waals surface area (Å²) in [5.41, 5.74) is 1.31. The number of carbonyl (C=O) groups is 1. The Morgan fingerprint density at radius 3 is 2.25 bits per heavy atom. The smallest absolute Gasteiger partial charge is 0.412 e. The third-order valence-corrected chi connectivity index (χ3v) is 17.9. The van der Waals surface area contributed by atoms with Gasteiger partial charge in [-0.25, -0.2) is 4.79 Å². The quantitative estimate of drug-likeness (QED) is 0.0592. The fourth-order valence-corrected chi connectivity index (χ4v) is 11.6. The highest BCUT2D eigenvalue weighted by Crippen LogP contribution is 2.68. The average Bonchev–Trinajstić information content (AvgIpc) is 3.29. The summed E-state index contributed by atoms with van der Waals surface area (Å²) >= 11 is 0. The number of ether oxygens (including phenoxy) is 1. The first-order valence-corrected chi connectivity index (χ1v) is 19.7. The van der Waals surface area contributed by atoms with E-state index in [1.54, 1.807) is 0 Å². The Morgan fingerprint density at radius 2 is 1.61 bits per heavy atom. The zero-order chi connectivity index (χ0) is 32.3. The van der Waals surface area contributed by atoms with Crippen LogP contribution in [0.25, 0.3) is 0 Å². The van der Waals surface area contributed by atoms with Gasteiger partial charge in [-0.3, -0.25) is 15.0 Å². The molecule has 4 saturated carbocycles. The van der Waals surface area contributed by atoms with Gasteiger partial charge in [-0.05, 0) is 136 Å². The van der Waals surface area contributed by atoms with Crippen molar-refractivity contribution in [2.45, 2.75) is 130 Å². The van der Waals surface area contributed by atoms with Crippen molar-refractivity contribution in [1.29, 1.82) is 0 Å². The van der Waals surface area contributed by atoms with Gasteiger partial charge in [0.15, 0.2) is 8.32 Å². The summed E-state index contributed by atoms with van der Waals surface area (Å²) in [7, 11) is -1.84. The molecular formula is C35H54N2O6Si. The minimum Gasteiger partial charge on any atom is -0.412 e. The topological polar surface area (TPSA) is 100 Å². The summed E-state index contributed by atoms with van der Waals surface area (Å²) in [6, 6.07) is 5.33. The van der Waals surface area contributed by atoms with Crippen LogP contribution in [0.2, 0.25) is 18.1 Å². The number of benzene rings is 1. The van der Waals surface area contributed by atoms with Gasteiger partial charge in [0.05, 0.1) is 16.2 Å². The van der Waals surface area contributed by atoms with E-state index in [2.05, 4.69) is 59.8 Å². The van der Waals surface area contributed by atoms with Gasteiger partial charge >= 0.3 is 6.16 Å². The molecule has 0 aromatic heterocycles. The van der Waals surface area contributed by atoms with Crippen LogP contribution in [0.3, 0.4) is 0 Å². The van der Waals surface area contributed by atoms with E-state index in [4.69, 9.17) is 14.0 Å². The fraction of sp³-hybridized carbons (Fsp3) is 0.771. The summed E-state index contributed by atoms with van der Waals surface area (Å²) in [5, 5.41) is 15.3. The molecule has 0 amide bonds. The van der Waals surface area contributed by atoms with Gasteiger partial charge in [-0.15, -0.1) is 0 Å². The highest BCUT2D eigenvalue weighted by atomic mass is 28.4. The molecule has 0 heterocycles. The normalized spacial score (nSPS) is 37.4. The number of rotatable bonds is 6. The Labute approximate surface area is 265 Å². The second-order valence-corrected chi connectivity index (χ2v) is 21.5. The standard InChI is InChI=1S/C35H54N2O6Si/c1-23(36-42-31(38)41-26-13-11-25(12-14-26)37(39)40)28-16-17-29-27-15-10-24-22-33(5,43-44(8,9)32(2,3)4)20-21-34(24,6)30(27)18-19-35(28,29)7/h11-14,24,27-30H,10,15-22H2,1-9H3/b36-23+/t24?,27-,28+,29-,30-,33+,34-,35+/m0/s1. The molecule has 0 saturated heterocycles. The fourth-order valence-electron chi connectivity index (χ4n) is 9.89. The zero-order valence-electron chi connectivity index (χ0n) is 28.4. The maximum atomic E-state index is 12.3. The van der Waals surface area contributed by atoms with Crippen LogP contribution in [0.1, 0.15) is 106 Å². The average molecular weight is 627 g/mol. The lowest BCUT2D eigenvalue weighted by Gasteiger charge is -2.63. The number of fused-ring (bicyclic) bond motifs is 5. The van der Waals surface area contributed by atoms with Crippen molar-refractivity contribution < 1.29 is 23.7 Å². The largest absolute Gasteiger partial charge is 0.540 e. The van der Waals surface area contributed by atoms with Crippen molar-refractivity contribution in [3.63, 3.8) is 0 Å². The van der Waals surface area contributed by atoms with Gasteiger partial charge in [0.25, 0.3) is 5.69 Å². The van der Waals surface area contributed by atoms with Crippen LogP contribution in [-0.2, 0) is 9.26 Å². The molecular weight excluding hydrogens is 572 g/mol. The Bertz CT molecular complexity index is 1290. The van der Waals surface area contributed by atoms with Crippen LogP contribution in [0, 0.1) is 50.5 Å². The summed E-state index contributed by atoms with van der Waals surface area (Å²) < 4.78 is 12.3.